The fraction of sp³-hybridized carbons (Fsp3) is 0.524. The van der Waals surface area contributed by atoms with Gasteiger partial charge in [-0.2, -0.15) is 13.2 Å². The molecule has 162 valence electrons. The molecule has 30 heavy (non-hydrogen) atoms. The molecule has 0 fully saturated rings. The molecular weight excluding hydrogens is 417 g/mol. The van der Waals surface area contributed by atoms with Gasteiger partial charge >= 0.3 is 6.18 Å². The number of para-hydroxylation sites is 1. The van der Waals surface area contributed by atoms with E-state index in [9.17, 15) is 18.0 Å². The van der Waals surface area contributed by atoms with Gasteiger partial charge in [0.25, 0.3) is 5.91 Å². The van der Waals surface area contributed by atoms with Crippen molar-refractivity contribution in [1.82, 2.24) is 4.98 Å². The molecule has 2 aliphatic rings. The van der Waals surface area contributed by atoms with Crippen molar-refractivity contribution in [1.29, 1.82) is 0 Å². The smallest absolute Gasteiger partial charge is 0.406 e. The molecule has 1 aliphatic carbocycles. The Morgan fingerprint density at radius 2 is 2.07 bits per heavy atom. The van der Waals surface area contributed by atoms with Crippen LogP contribution in [0.25, 0.3) is 0 Å². The molecule has 0 saturated heterocycles. The molecule has 4 rings (SSSR count). The van der Waals surface area contributed by atoms with Crippen LogP contribution in [0.5, 0.6) is 11.5 Å². The maximum Gasteiger partial charge on any atom is 0.406 e. The second kappa shape index (κ2) is 7.76. The van der Waals surface area contributed by atoms with Crippen LogP contribution >= 0.6 is 11.3 Å². The summed E-state index contributed by atoms with van der Waals surface area (Å²) in [6.45, 7) is 1.97. The highest BCUT2D eigenvalue weighted by Gasteiger charge is 2.37. The van der Waals surface area contributed by atoms with Gasteiger partial charge < -0.3 is 9.47 Å². The maximum absolute atomic E-state index is 13.2. The SMILES string of the molecule is CC1(C)Cc2cccc(OCC(=O)N(CC(F)(F)F)c3nc4c(s3)CCCC4)c2O1. The molecule has 2 aromatic rings. The number of nitrogens with zero attached hydrogens (tertiary/aromatic N) is 2. The van der Waals surface area contributed by atoms with Crippen molar-refractivity contribution in [2.24, 2.45) is 0 Å². The zero-order valence-electron chi connectivity index (χ0n) is 16.8. The zero-order valence-corrected chi connectivity index (χ0v) is 17.7. The van der Waals surface area contributed by atoms with E-state index in [1.54, 1.807) is 12.1 Å². The number of hydrogen-bond donors (Lipinski definition) is 0. The quantitative estimate of drug-likeness (QED) is 0.676. The standard InChI is InChI=1S/C21H23F3N2O3S/c1-20(2)10-13-6-5-8-15(18(13)29-20)28-11-17(27)26(12-21(22,23)24)19-25-14-7-3-4-9-16(14)30-19/h5-6,8H,3-4,7,9-12H2,1-2H3. The van der Waals surface area contributed by atoms with Crippen LogP contribution in [0.2, 0.25) is 0 Å². The topological polar surface area (TPSA) is 51.7 Å². The van der Waals surface area contributed by atoms with Crippen LogP contribution in [0, 0.1) is 0 Å². The molecule has 0 bridgehead atoms. The first-order valence-corrected chi connectivity index (χ1v) is 10.7. The van der Waals surface area contributed by atoms with Gasteiger partial charge in [-0.25, -0.2) is 4.98 Å². The molecule has 9 heteroatoms. The summed E-state index contributed by atoms with van der Waals surface area (Å²) in [5, 5.41) is 0.0866. The second-order valence-corrected chi connectivity index (χ2v) is 9.30. The number of aryl methyl sites for hydroxylation is 2. The molecule has 0 spiro atoms. The lowest BCUT2D eigenvalue weighted by molar-refractivity contribution is -0.133. The largest absolute Gasteiger partial charge is 0.483 e. The van der Waals surface area contributed by atoms with Gasteiger partial charge in [-0.05, 0) is 45.6 Å². The minimum absolute atomic E-state index is 0.0866. The van der Waals surface area contributed by atoms with E-state index in [0.29, 0.717) is 22.8 Å². The van der Waals surface area contributed by atoms with Gasteiger partial charge in [0.2, 0.25) is 0 Å². The fourth-order valence-corrected chi connectivity index (χ4v) is 4.98. The van der Waals surface area contributed by atoms with Crippen LogP contribution < -0.4 is 14.4 Å². The van der Waals surface area contributed by atoms with E-state index in [2.05, 4.69) is 4.98 Å². The highest BCUT2D eigenvalue weighted by atomic mass is 32.1. The van der Waals surface area contributed by atoms with Gasteiger partial charge in [0.1, 0.15) is 12.1 Å². The Kier molecular flexibility index (Phi) is 5.42. The summed E-state index contributed by atoms with van der Waals surface area (Å²) in [7, 11) is 0. The van der Waals surface area contributed by atoms with E-state index in [1.807, 2.05) is 19.9 Å². The van der Waals surface area contributed by atoms with Gasteiger partial charge in [-0.15, -0.1) is 11.3 Å². The average molecular weight is 440 g/mol. The number of halogens is 3. The molecule has 1 aromatic heterocycles. The number of benzene rings is 1. The number of amides is 1. The lowest BCUT2D eigenvalue weighted by Gasteiger charge is -2.22. The van der Waals surface area contributed by atoms with Gasteiger partial charge in [-0.1, -0.05) is 12.1 Å². The fourth-order valence-electron chi connectivity index (χ4n) is 3.81. The Balaban J connectivity index is 1.52. The Hall–Kier alpha value is -2.29. The number of carbonyl (C=O) groups is 1. The molecular formula is C21H23F3N2O3S. The Bertz CT molecular complexity index is 932. The molecule has 0 radical (unpaired) electrons. The summed E-state index contributed by atoms with van der Waals surface area (Å²) in [6.07, 6.45) is -0.371. The minimum atomic E-state index is -4.54. The third-order valence-electron chi connectivity index (χ3n) is 5.11. The third kappa shape index (κ3) is 4.55. The number of hydrogen-bond acceptors (Lipinski definition) is 5. The van der Waals surface area contributed by atoms with Crippen LogP contribution in [0.3, 0.4) is 0 Å². The van der Waals surface area contributed by atoms with Crippen LogP contribution in [-0.4, -0.2) is 35.8 Å². The number of alkyl halides is 3. The number of rotatable bonds is 5. The number of fused-ring (bicyclic) bond motifs is 2. The van der Waals surface area contributed by atoms with Gasteiger partial charge in [-0.3, -0.25) is 9.69 Å². The minimum Gasteiger partial charge on any atom is -0.483 e. The summed E-state index contributed by atoms with van der Waals surface area (Å²) in [5.41, 5.74) is 1.36. The van der Waals surface area contributed by atoms with Crippen molar-refractivity contribution in [3.63, 3.8) is 0 Å². The van der Waals surface area contributed by atoms with Gasteiger partial charge in [0, 0.05) is 16.9 Å². The summed E-state index contributed by atoms with van der Waals surface area (Å²) < 4.78 is 51.1. The van der Waals surface area contributed by atoms with Crippen molar-refractivity contribution < 1.29 is 27.4 Å². The third-order valence-corrected chi connectivity index (χ3v) is 6.29. The average Bonchev–Trinajstić information content (AvgIpc) is 3.22. The molecule has 1 aliphatic heterocycles. The lowest BCUT2D eigenvalue weighted by atomic mass is 10.0. The molecule has 1 amide bonds. The van der Waals surface area contributed by atoms with Crippen molar-refractivity contribution >= 4 is 22.4 Å². The summed E-state index contributed by atoms with van der Waals surface area (Å²) >= 11 is 1.17. The van der Waals surface area contributed by atoms with Crippen LogP contribution in [-0.2, 0) is 24.1 Å². The number of carbonyl (C=O) groups excluding carboxylic acids is 1. The maximum atomic E-state index is 13.2. The normalized spacial score (nSPS) is 17.1. The van der Waals surface area contributed by atoms with E-state index >= 15 is 0 Å². The summed E-state index contributed by atoms with van der Waals surface area (Å²) in [5.74, 6) is 0.118. The van der Waals surface area contributed by atoms with E-state index < -0.39 is 30.8 Å². The van der Waals surface area contributed by atoms with Gasteiger partial charge in [0.05, 0.1) is 5.69 Å². The number of anilines is 1. The first kappa shape index (κ1) is 21.0. The van der Waals surface area contributed by atoms with Crippen LogP contribution in [0.15, 0.2) is 18.2 Å². The first-order chi connectivity index (χ1) is 14.1. The zero-order chi connectivity index (χ0) is 21.5. The highest BCUT2D eigenvalue weighted by molar-refractivity contribution is 7.16. The monoisotopic (exact) mass is 440 g/mol. The van der Waals surface area contributed by atoms with E-state index in [1.165, 1.54) is 11.3 Å². The molecule has 0 unspecified atom stereocenters. The Labute approximate surface area is 176 Å². The number of ether oxygens (including phenoxy) is 2. The van der Waals surface area contributed by atoms with Crippen molar-refractivity contribution in [3.05, 3.63) is 34.3 Å². The second-order valence-electron chi connectivity index (χ2n) is 8.24. The molecule has 0 saturated carbocycles. The Morgan fingerprint density at radius 3 is 2.80 bits per heavy atom. The first-order valence-electron chi connectivity index (χ1n) is 9.91. The molecule has 5 nitrogen and oxygen atoms in total. The van der Waals surface area contributed by atoms with Crippen molar-refractivity contribution in [2.75, 3.05) is 18.1 Å². The lowest BCUT2D eigenvalue weighted by Crippen LogP contribution is -2.41. The number of thiazole rings is 1. The summed E-state index contributed by atoms with van der Waals surface area (Å²) in [6, 6.07) is 5.35. The van der Waals surface area contributed by atoms with Crippen LogP contribution in [0.4, 0.5) is 18.3 Å². The molecule has 1 aromatic carbocycles. The highest BCUT2D eigenvalue weighted by Crippen LogP contribution is 2.42. The van der Waals surface area contributed by atoms with Crippen molar-refractivity contribution in [3.8, 4) is 11.5 Å². The van der Waals surface area contributed by atoms with E-state index in [0.717, 1.165) is 41.8 Å². The van der Waals surface area contributed by atoms with Crippen LogP contribution in [0.1, 0.15) is 42.8 Å². The molecule has 0 atom stereocenters. The molecule has 0 N–H and O–H groups in total. The van der Waals surface area contributed by atoms with E-state index in [4.69, 9.17) is 9.47 Å². The van der Waals surface area contributed by atoms with E-state index in [-0.39, 0.29) is 5.13 Å². The Morgan fingerprint density at radius 1 is 1.30 bits per heavy atom. The summed E-state index contributed by atoms with van der Waals surface area (Å²) in [4.78, 5) is 18.8. The molecule has 2 heterocycles. The number of aromatic nitrogens is 1. The van der Waals surface area contributed by atoms with Gasteiger partial charge in [0.15, 0.2) is 23.2 Å². The van der Waals surface area contributed by atoms with Crippen molar-refractivity contribution in [2.45, 2.75) is 57.7 Å². The predicted molar refractivity (Wildman–Crippen MR) is 108 cm³/mol. The predicted octanol–water partition coefficient (Wildman–Crippen LogP) is 4.71.